The number of aryl methyl sites for hydroxylation is 1. The SMILES string of the molecule is O=C(c1ccc(F)cc1)N1CCCc2nc(COc3ccccc3)sc2C1. The summed E-state index contributed by atoms with van der Waals surface area (Å²) in [5.41, 5.74) is 1.57. The van der Waals surface area contributed by atoms with E-state index in [0.29, 0.717) is 25.3 Å². The second-order valence-corrected chi connectivity index (χ2v) is 7.58. The molecule has 4 nitrogen and oxygen atoms in total. The van der Waals surface area contributed by atoms with E-state index in [1.165, 1.54) is 24.3 Å². The van der Waals surface area contributed by atoms with E-state index in [0.717, 1.165) is 34.2 Å². The number of nitrogens with zero attached hydrogens (tertiary/aromatic N) is 2. The second-order valence-electron chi connectivity index (χ2n) is 6.42. The third-order valence-electron chi connectivity index (χ3n) is 4.48. The van der Waals surface area contributed by atoms with Crippen LogP contribution in [-0.4, -0.2) is 22.3 Å². The predicted molar refractivity (Wildman–Crippen MR) is 102 cm³/mol. The maximum atomic E-state index is 13.1. The lowest BCUT2D eigenvalue weighted by Gasteiger charge is -2.20. The highest BCUT2D eigenvalue weighted by Gasteiger charge is 2.23. The molecular weight excluding hydrogens is 363 g/mol. The summed E-state index contributed by atoms with van der Waals surface area (Å²) in [5, 5.41) is 0.917. The lowest BCUT2D eigenvalue weighted by Crippen LogP contribution is -2.30. The van der Waals surface area contributed by atoms with E-state index in [1.807, 2.05) is 35.2 Å². The Morgan fingerprint density at radius 1 is 1.15 bits per heavy atom. The molecule has 2 heterocycles. The van der Waals surface area contributed by atoms with Crippen molar-refractivity contribution in [3.8, 4) is 5.75 Å². The van der Waals surface area contributed by atoms with Gasteiger partial charge in [0.1, 0.15) is 23.2 Å². The van der Waals surface area contributed by atoms with Crippen molar-refractivity contribution in [3.63, 3.8) is 0 Å². The number of aromatic nitrogens is 1. The van der Waals surface area contributed by atoms with Crippen LogP contribution in [-0.2, 0) is 19.6 Å². The molecule has 0 unspecified atom stereocenters. The fourth-order valence-electron chi connectivity index (χ4n) is 3.12. The summed E-state index contributed by atoms with van der Waals surface area (Å²) in [7, 11) is 0. The van der Waals surface area contributed by atoms with Gasteiger partial charge in [-0.15, -0.1) is 11.3 Å². The Balaban J connectivity index is 1.46. The molecule has 1 aliphatic rings. The molecule has 1 aliphatic heterocycles. The Kier molecular flexibility index (Phi) is 5.16. The van der Waals surface area contributed by atoms with Crippen LogP contribution in [0.25, 0.3) is 0 Å². The van der Waals surface area contributed by atoms with Crippen molar-refractivity contribution in [2.24, 2.45) is 0 Å². The molecule has 0 N–H and O–H groups in total. The van der Waals surface area contributed by atoms with Crippen LogP contribution in [0, 0.1) is 5.82 Å². The molecule has 0 fully saturated rings. The molecule has 0 spiro atoms. The predicted octanol–water partition coefficient (Wildman–Crippen LogP) is 4.45. The molecule has 2 aromatic carbocycles. The normalized spacial score (nSPS) is 13.7. The van der Waals surface area contributed by atoms with Gasteiger partial charge in [-0.05, 0) is 49.2 Å². The largest absolute Gasteiger partial charge is 0.486 e. The summed E-state index contributed by atoms with van der Waals surface area (Å²) in [6.45, 7) is 1.64. The van der Waals surface area contributed by atoms with Gasteiger partial charge in [0.05, 0.1) is 12.2 Å². The highest BCUT2D eigenvalue weighted by molar-refractivity contribution is 7.11. The van der Waals surface area contributed by atoms with Gasteiger partial charge in [0.25, 0.3) is 5.91 Å². The van der Waals surface area contributed by atoms with Gasteiger partial charge in [0.15, 0.2) is 0 Å². The van der Waals surface area contributed by atoms with Gasteiger partial charge in [0, 0.05) is 17.0 Å². The van der Waals surface area contributed by atoms with Crippen molar-refractivity contribution < 1.29 is 13.9 Å². The highest BCUT2D eigenvalue weighted by atomic mass is 32.1. The fraction of sp³-hybridized carbons (Fsp3) is 0.238. The fourth-order valence-corrected chi connectivity index (χ4v) is 4.16. The first-order valence-electron chi connectivity index (χ1n) is 8.89. The molecule has 0 saturated heterocycles. The number of amides is 1. The number of hydrogen-bond acceptors (Lipinski definition) is 4. The van der Waals surface area contributed by atoms with Crippen molar-refractivity contribution in [3.05, 3.63) is 81.6 Å². The molecule has 27 heavy (non-hydrogen) atoms. The van der Waals surface area contributed by atoms with Gasteiger partial charge in [-0.1, -0.05) is 18.2 Å². The number of para-hydroxylation sites is 1. The minimum absolute atomic E-state index is 0.0710. The Morgan fingerprint density at radius 3 is 2.70 bits per heavy atom. The van der Waals surface area contributed by atoms with Crippen LogP contribution in [0.2, 0.25) is 0 Å². The van der Waals surface area contributed by atoms with Crippen molar-refractivity contribution in [2.45, 2.75) is 26.0 Å². The molecule has 0 bridgehead atoms. The molecule has 0 aliphatic carbocycles. The zero-order valence-electron chi connectivity index (χ0n) is 14.7. The van der Waals surface area contributed by atoms with E-state index in [-0.39, 0.29) is 11.7 Å². The van der Waals surface area contributed by atoms with Crippen LogP contribution in [0.4, 0.5) is 4.39 Å². The van der Waals surface area contributed by atoms with Crippen molar-refractivity contribution in [2.75, 3.05) is 6.54 Å². The molecule has 138 valence electrons. The van der Waals surface area contributed by atoms with E-state index < -0.39 is 0 Å². The summed E-state index contributed by atoms with van der Waals surface area (Å²) < 4.78 is 18.9. The molecule has 6 heteroatoms. The number of ether oxygens (including phenoxy) is 1. The number of carbonyl (C=O) groups excluding carboxylic acids is 1. The summed E-state index contributed by atoms with van der Waals surface area (Å²) >= 11 is 1.60. The Labute approximate surface area is 161 Å². The Hall–Kier alpha value is -2.73. The second kappa shape index (κ2) is 7.88. The van der Waals surface area contributed by atoms with E-state index >= 15 is 0 Å². The van der Waals surface area contributed by atoms with Gasteiger partial charge >= 0.3 is 0 Å². The zero-order valence-corrected chi connectivity index (χ0v) is 15.5. The van der Waals surface area contributed by atoms with E-state index in [2.05, 4.69) is 0 Å². The van der Waals surface area contributed by atoms with Crippen LogP contribution in [0.3, 0.4) is 0 Å². The first-order chi connectivity index (χ1) is 13.2. The summed E-state index contributed by atoms with van der Waals surface area (Å²) in [6, 6.07) is 15.4. The lowest BCUT2D eigenvalue weighted by atomic mass is 10.2. The first kappa shape index (κ1) is 17.7. The summed E-state index contributed by atoms with van der Waals surface area (Å²) in [5.74, 6) is 0.407. The van der Waals surface area contributed by atoms with Crippen molar-refractivity contribution in [1.82, 2.24) is 9.88 Å². The molecular formula is C21H19FN2O2S. The molecule has 3 aromatic rings. The maximum Gasteiger partial charge on any atom is 0.254 e. The topological polar surface area (TPSA) is 42.4 Å². The number of fused-ring (bicyclic) bond motifs is 1. The van der Waals surface area contributed by atoms with Gasteiger partial charge in [-0.2, -0.15) is 0 Å². The van der Waals surface area contributed by atoms with Crippen LogP contribution >= 0.6 is 11.3 Å². The van der Waals surface area contributed by atoms with Gasteiger partial charge < -0.3 is 9.64 Å². The number of benzene rings is 2. The number of rotatable bonds is 4. The summed E-state index contributed by atoms with van der Waals surface area (Å²) in [4.78, 5) is 20.4. The van der Waals surface area contributed by atoms with E-state index in [4.69, 9.17) is 9.72 Å². The maximum absolute atomic E-state index is 13.1. The van der Waals surface area contributed by atoms with Gasteiger partial charge in [-0.3, -0.25) is 4.79 Å². The van der Waals surface area contributed by atoms with Gasteiger partial charge in [-0.25, -0.2) is 9.37 Å². The minimum Gasteiger partial charge on any atom is -0.486 e. The number of carbonyl (C=O) groups is 1. The standard InChI is InChI=1S/C21H19FN2O2S/c22-16-10-8-15(9-11-16)21(25)24-12-4-7-18-19(13-24)27-20(23-18)14-26-17-5-2-1-3-6-17/h1-3,5-6,8-11H,4,7,12-14H2. The first-order valence-corrected chi connectivity index (χ1v) is 9.71. The van der Waals surface area contributed by atoms with Crippen LogP contribution < -0.4 is 4.74 Å². The Morgan fingerprint density at radius 2 is 1.93 bits per heavy atom. The smallest absolute Gasteiger partial charge is 0.254 e. The third kappa shape index (κ3) is 4.17. The molecule has 0 saturated carbocycles. The average molecular weight is 382 g/mol. The third-order valence-corrected chi connectivity index (χ3v) is 5.54. The lowest BCUT2D eigenvalue weighted by molar-refractivity contribution is 0.0747. The zero-order chi connectivity index (χ0) is 18.6. The molecule has 0 atom stereocenters. The molecule has 1 amide bonds. The quantitative estimate of drug-likeness (QED) is 0.670. The minimum atomic E-state index is -0.338. The van der Waals surface area contributed by atoms with Gasteiger partial charge in [0.2, 0.25) is 0 Å². The van der Waals surface area contributed by atoms with E-state index in [9.17, 15) is 9.18 Å². The average Bonchev–Trinajstić information content (AvgIpc) is 2.97. The van der Waals surface area contributed by atoms with Crippen LogP contribution in [0.15, 0.2) is 54.6 Å². The molecule has 1 aromatic heterocycles. The number of thiazole rings is 1. The monoisotopic (exact) mass is 382 g/mol. The molecule has 4 rings (SSSR count). The van der Waals surface area contributed by atoms with E-state index in [1.54, 1.807) is 11.3 Å². The van der Waals surface area contributed by atoms with Crippen molar-refractivity contribution >= 4 is 17.2 Å². The molecule has 0 radical (unpaired) electrons. The number of halogens is 1. The van der Waals surface area contributed by atoms with Crippen LogP contribution in [0.1, 0.15) is 32.4 Å². The van der Waals surface area contributed by atoms with Crippen LogP contribution in [0.5, 0.6) is 5.75 Å². The Bertz CT molecular complexity index is 925. The highest BCUT2D eigenvalue weighted by Crippen LogP contribution is 2.26. The summed E-state index contributed by atoms with van der Waals surface area (Å²) in [6.07, 6.45) is 1.72. The van der Waals surface area contributed by atoms with Crippen molar-refractivity contribution in [1.29, 1.82) is 0 Å². The number of hydrogen-bond donors (Lipinski definition) is 0.